The lowest BCUT2D eigenvalue weighted by Gasteiger charge is -2.21. The second-order valence-corrected chi connectivity index (χ2v) is 3.94. The van der Waals surface area contributed by atoms with E-state index in [1.54, 1.807) is 7.11 Å². The molecule has 5 nitrogen and oxygen atoms in total. The van der Waals surface area contributed by atoms with Crippen molar-refractivity contribution in [2.75, 3.05) is 20.3 Å². The van der Waals surface area contributed by atoms with Gasteiger partial charge in [-0.2, -0.15) is 0 Å². The number of aliphatic hydroxyl groups is 1. The summed E-state index contributed by atoms with van der Waals surface area (Å²) in [6.07, 6.45) is 0.477. The van der Waals surface area contributed by atoms with Gasteiger partial charge in [-0.15, -0.1) is 0 Å². The van der Waals surface area contributed by atoms with Crippen molar-refractivity contribution >= 4 is 5.91 Å². The Hall–Kier alpha value is -0.650. The third kappa shape index (κ3) is 5.71. The van der Waals surface area contributed by atoms with E-state index in [9.17, 15) is 4.79 Å². The Morgan fingerprint density at radius 1 is 1.53 bits per heavy atom. The predicted octanol–water partition coefficient (Wildman–Crippen LogP) is -0.517. The molecule has 4 N–H and O–H groups in total. The van der Waals surface area contributed by atoms with Crippen molar-refractivity contribution in [1.29, 1.82) is 0 Å². The minimum Gasteiger partial charge on any atom is -0.396 e. The molecule has 2 unspecified atom stereocenters. The molecular weight excluding hydrogens is 196 g/mol. The summed E-state index contributed by atoms with van der Waals surface area (Å²) >= 11 is 0. The fourth-order valence-electron chi connectivity index (χ4n) is 1.15. The van der Waals surface area contributed by atoms with E-state index in [0.717, 1.165) is 0 Å². The van der Waals surface area contributed by atoms with Crippen LogP contribution in [0.15, 0.2) is 0 Å². The van der Waals surface area contributed by atoms with E-state index in [2.05, 4.69) is 5.32 Å². The molecule has 0 aromatic heterocycles. The molecule has 0 fully saturated rings. The minimum atomic E-state index is -0.511. The zero-order valence-electron chi connectivity index (χ0n) is 9.69. The van der Waals surface area contributed by atoms with Crippen LogP contribution in [0.1, 0.15) is 20.3 Å². The molecule has 0 saturated carbocycles. The lowest BCUT2D eigenvalue weighted by molar-refractivity contribution is -0.124. The summed E-state index contributed by atoms with van der Waals surface area (Å²) in [5.74, 6) is -0.0946. The summed E-state index contributed by atoms with van der Waals surface area (Å²) in [7, 11) is 1.55. The average molecular weight is 218 g/mol. The lowest BCUT2D eigenvalue weighted by atomic mass is 10.0. The van der Waals surface area contributed by atoms with Crippen LogP contribution in [0.5, 0.6) is 0 Å². The maximum Gasteiger partial charge on any atom is 0.237 e. The molecule has 0 aliphatic heterocycles. The Labute approximate surface area is 91.0 Å². The highest BCUT2D eigenvalue weighted by atomic mass is 16.5. The molecule has 0 radical (unpaired) electrons. The SMILES string of the molecule is COCC(CCO)NC(=O)C(N)C(C)C. The first-order valence-electron chi connectivity index (χ1n) is 5.18. The van der Waals surface area contributed by atoms with Crippen LogP contribution in [0.4, 0.5) is 0 Å². The molecule has 0 aliphatic rings. The molecule has 0 aromatic carbocycles. The van der Waals surface area contributed by atoms with Crippen molar-refractivity contribution in [2.24, 2.45) is 11.7 Å². The molecule has 0 bridgehead atoms. The summed E-state index contributed by atoms with van der Waals surface area (Å²) < 4.78 is 4.93. The van der Waals surface area contributed by atoms with E-state index < -0.39 is 6.04 Å². The third-order valence-electron chi connectivity index (χ3n) is 2.21. The van der Waals surface area contributed by atoms with Crippen LogP contribution >= 0.6 is 0 Å². The second kappa shape index (κ2) is 7.62. The monoisotopic (exact) mass is 218 g/mol. The molecule has 1 amide bonds. The van der Waals surface area contributed by atoms with Crippen molar-refractivity contribution in [3.8, 4) is 0 Å². The Morgan fingerprint density at radius 2 is 2.13 bits per heavy atom. The maximum atomic E-state index is 11.6. The first kappa shape index (κ1) is 14.3. The van der Waals surface area contributed by atoms with Gasteiger partial charge in [0.2, 0.25) is 5.91 Å². The van der Waals surface area contributed by atoms with Crippen LogP contribution in [0, 0.1) is 5.92 Å². The van der Waals surface area contributed by atoms with Gasteiger partial charge in [0, 0.05) is 13.7 Å². The van der Waals surface area contributed by atoms with Gasteiger partial charge in [-0.3, -0.25) is 4.79 Å². The first-order valence-corrected chi connectivity index (χ1v) is 5.18. The Bertz CT molecular complexity index is 180. The number of hydrogen-bond acceptors (Lipinski definition) is 4. The first-order chi connectivity index (χ1) is 7.02. The molecule has 15 heavy (non-hydrogen) atoms. The van der Waals surface area contributed by atoms with E-state index in [0.29, 0.717) is 13.0 Å². The number of hydrogen-bond donors (Lipinski definition) is 3. The second-order valence-electron chi connectivity index (χ2n) is 3.94. The van der Waals surface area contributed by atoms with E-state index in [1.165, 1.54) is 0 Å². The molecule has 0 aromatic rings. The van der Waals surface area contributed by atoms with Crippen molar-refractivity contribution < 1.29 is 14.6 Å². The zero-order chi connectivity index (χ0) is 11.8. The fraction of sp³-hybridized carbons (Fsp3) is 0.900. The number of ether oxygens (including phenoxy) is 1. The topological polar surface area (TPSA) is 84.6 Å². The van der Waals surface area contributed by atoms with E-state index >= 15 is 0 Å². The molecule has 5 heteroatoms. The summed E-state index contributed by atoms with van der Waals surface area (Å²) in [5.41, 5.74) is 5.69. The zero-order valence-corrected chi connectivity index (χ0v) is 9.69. The third-order valence-corrected chi connectivity index (χ3v) is 2.21. The van der Waals surface area contributed by atoms with Crippen molar-refractivity contribution in [3.63, 3.8) is 0 Å². The van der Waals surface area contributed by atoms with E-state index in [1.807, 2.05) is 13.8 Å². The molecule has 0 spiro atoms. The number of carbonyl (C=O) groups excluding carboxylic acids is 1. The largest absolute Gasteiger partial charge is 0.396 e. The van der Waals surface area contributed by atoms with E-state index in [-0.39, 0.29) is 24.5 Å². The highest BCUT2D eigenvalue weighted by molar-refractivity contribution is 5.82. The van der Waals surface area contributed by atoms with Crippen LogP contribution < -0.4 is 11.1 Å². The minimum absolute atomic E-state index is 0.0191. The fourth-order valence-corrected chi connectivity index (χ4v) is 1.15. The predicted molar refractivity (Wildman–Crippen MR) is 58.3 cm³/mol. The Morgan fingerprint density at radius 3 is 2.53 bits per heavy atom. The van der Waals surface area contributed by atoms with Crippen LogP contribution in [0.2, 0.25) is 0 Å². The summed E-state index contributed by atoms with van der Waals surface area (Å²) in [6.45, 7) is 4.19. The van der Waals surface area contributed by atoms with Crippen LogP contribution in [0.25, 0.3) is 0 Å². The summed E-state index contributed by atoms with van der Waals surface area (Å²) in [6, 6.07) is -0.680. The lowest BCUT2D eigenvalue weighted by Crippen LogP contribution is -2.49. The van der Waals surface area contributed by atoms with Crippen LogP contribution in [-0.4, -0.2) is 43.4 Å². The van der Waals surface area contributed by atoms with Gasteiger partial charge in [0.05, 0.1) is 18.7 Å². The van der Waals surface area contributed by atoms with Gasteiger partial charge in [-0.1, -0.05) is 13.8 Å². The molecule has 2 atom stereocenters. The Kier molecular flexibility index (Phi) is 7.29. The molecule has 0 rings (SSSR count). The average Bonchev–Trinajstić information content (AvgIpc) is 2.17. The quantitative estimate of drug-likeness (QED) is 0.537. The number of rotatable bonds is 7. The van der Waals surface area contributed by atoms with Crippen molar-refractivity contribution in [2.45, 2.75) is 32.4 Å². The van der Waals surface area contributed by atoms with Gasteiger partial charge < -0.3 is 20.9 Å². The van der Waals surface area contributed by atoms with Crippen LogP contribution in [0.3, 0.4) is 0 Å². The number of carbonyl (C=O) groups is 1. The highest BCUT2D eigenvalue weighted by Gasteiger charge is 2.20. The van der Waals surface area contributed by atoms with Gasteiger partial charge in [0.1, 0.15) is 0 Å². The number of aliphatic hydroxyl groups excluding tert-OH is 1. The van der Waals surface area contributed by atoms with E-state index in [4.69, 9.17) is 15.6 Å². The van der Waals surface area contributed by atoms with Gasteiger partial charge in [-0.05, 0) is 12.3 Å². The van der Waals surface area contributed by atoms with Crippen LogP contribution in [-0.2, 0) is 9.53 Å². The van der Waals surface area contributed by atoms with Crippen molar-refractivity contribution in [3.05, 3.63) is 0 Å². The van der Waals surface area contributed by atoms with Gasteiger partial charge >= 0.3 is 0 Å². The summed E-state index contributed by atoms with van der Waals surface area (Å²) in [4.78, 5) is 11.6. The Balaban J connectivity index is 4.09. The molecular formula is C10H22N2O3. The summed E-state index contributed by atoms with van der Waals surface area (Å²) in [5, 5.41) is 11.5. The number of nitrogens with two attached hydrogens (primary N) is 1. The molecule has 90 valence electrons. The molecule has 0 aliphatic carbocycles. The standard InChI is InChI=1S/C10H22N2O3/c1-7(2)9(11)10(14)12-8(4-5-13)6-15-3/h7-9,13H,4-6,11H2,1-3H3,(H,12,14). The number of methoxy groups -OCH3 is 1. The number of amides is 1. The van der Waals surface area contributed by atoms with Gasteiger partial charge in [0.25, 0.3) is 0 Å². The molecule has 0 saturated heterocycles. The number of nitrogens with one attached hydrogen (secondary N) is 1. The smallest absolute Gasteiger partial charge is 0.237 e. The van der Waals surface area contributed by atoms with Gasteiger partial charge in [-0.25, -0.2) is 0 Å². The van der Waals surface area contributed by atoms with Crippen molar-refractivity contribution in [1.82, 2.24) is 5.32 Å². The van der Waals surface area contributed by atoms with Gasteiger partial charge in [0.15, 0.2) is 0 Å². The normalized spacial score (nSPS) is 15.1. The highest BCUT2D eigenvalue weighted by Crippen LogP contribution is 2.00. The maximum absolute atomic E-state index is 11.6. The molecule has 0 heterocycles.